The van der Waals surface area contributed by atoms with Crippen molar-refractivity contribution in [2.75, 3.05) is 0 Å². The molecule has 0 saturated heterocycles. The highest BCUT2D eigenvalue weighted by Gasteiger charge is 2.10. The maximum atomic E-state index is 11.6. The van der Waals surface area contributed by atoms with E-state index >= 15 is 0 Å². The second kappa shape index (κ2) is 6.30. The van der Waals surface area contributed by atoms with Gasteiger partial charge in [0, 0.05) is 18.3 Å². The van der Waals surface area contributed by atoms with E-state index < -0.39 is 0 Å². The molecule has 1 aromatic rings. The Kier molecular flexibility index (Phi) is 5.02. The van der Waals surface area contributed by atoms with Crippen LogP contribution in [0.4, 0.5) is 0 Å². The highest BCUT2D eigenvalue weighted by molar-refractivity contribution is 4.85. The summed E-state index contributed by atoms with van der Waals surface area (Å²) in [7, 11) is 0. The van der Waals surface area contributed by atoms with Gasteiger partial charge in [-0.25, -0.2) is 4.79 Å². The molecule has 0 saturated carbocycles. The van der Waals surface area contributed by atoms with Gasteiger partial charge >= 0.3 is 5.69 Å². The minimum atomic E-state index is -0.327. The van der Waals surface area contributed by atoms with E-state index in [1.165, 1.54) is 6.07 Å². The lowest BCUT2D eigenvalue weighted by atomic mass is 10.1. The second-order valence-corrected chi connectivity index (χ2v) is 4.10. The van der Waals surface area contributed by atoms with E-state index in [-0.39, 0.29) is 17.3 Å². The first-order chi connectivity index (χ1) is 7.69. The molecule has 0 fully saturated rings. The van der Waals surface area contributed by atoms with E-state index in [9.17, 15) is 9.59 Å². The van der Waals surface area contributed by atoms with Gasteiger partial charge in [0.15, 0.2) is 0 Å². The minimum Gasteiger partial charge on any atom is -0.298 e. The largest absolute Gasteiger partial charge is 0.328 e. The van der Waals surface area contributed by atoms with Crippen molar-refractivity contribution in [2.24, 2.45) is 0 Å². The molecule has 0 aromatic carbocycles. The second-order valence-electron chi connectivity index (χ2n) is 4.10. The third-order valence-corrected chi connectivity index (χ3v) is 2.76. The summed E-state index contributed by atoms with van der Waals surface area (Å²) in [4.78, 5) is 24.9. The Labute approximate surface area is 95.3 Å². The van der Waals surface area contributed by atoms with E-state index in [1.807, 2.05) is 0 Å². The summed E-state index contributed by atoms with van der Waals surface area (Å²) < 4.78 is 1.65. The van der Waals surface area contributed by atoms with E-state index in [0.29, 0.717) is 0 Å². The number of unbranched alkanes of at least 4 members (excludes halogenated alkanes) is 1. The van der Waals surface area contributed by atoms with E-state index in [2.05, 4.69) is 18.8 Å². The van der Waals surface area contributed by atoms with Gasteiger partial charge in [0.25, 0.3) is 5.56 Å². The molecule has 0 spiro atoms. The molecule has 4 nitrogen and oxygen atoms in total. The molecule has 0 amide bonds. The van der Waals surface area contributed by atoms with Crippen LogP contribution in [0.2, 0.25) is 0 Å². The Balaban J connectivity index is 2.91. The normalized spacial score (nSPS) is 12.6. The number of H-pyrrole nitrogens is 1. The summed E-state index contributed by atoms with van der Waals surface area (Å²) in [5, 5.41) is 0. The molecule has 16 heavy (non-hydrogen) atoms. The lowest BCUT2D eigenvalue weighted by molar-refractivity contribution is 0.401. The molecule has 90 valence electrons. The van der Waals surface area contributed by atoms with Crippen molar-refractivity contribution in [3.05, 3.63) is 33.1 Å². The maximum absolute atomic E-state index is 11.6. The van der Waals surface area contributed by atoms with E-state index in [0.717, 1.165) is 32.1 Å². The number of nitrogens with zero attached hydrogens (tertiary/aromatic N) is 1. The first kappa shape index (κ1) is 12.7. The highest BCUT2D eigenvalue weighted by Crippen LogP contribution is 2.18. The Morgan fingerprint density at radius 3 is 2.56 bits per heavy atom. The van der Waals surface area contributed by atoms with Crippen molar-refractivity contribution in [2.45, 2.75) is 52.0 Å². The number of rotatable bonds is 6. The molecule has 1 aromatic heterocycles. The van der Waals surface area contributed by atoms with Gasteiger partial charge in [-0.1, -0.05) is 33.1 Å². The van der Waals surface area contributed by atoms with Gasteiger partial charge in [-0.05, 0) is 12.8 Å². The monoisotopic (exact) mass is 224 g/mol. The predicted molar refractivity (Wildman–Crippen MR) is 64.8 cm³/mol. The van der Waals surface area contributed by atoms with Crippen LogP contribution in [0.1, 0.15) is 52.0 Å². The van der Waals surface area contributed by atoms with Crippen LogP contribution in [-0.2, 0) is 0 Å². The lowest BCUT2D eigenvalue weighted by Gasteiger charge is -2.18. The van der Waals surface area contributed by atoms with Gasteiger partial charge < -0.3 is 0 Å². The van der Waals surface area contributed by atoms with Crippen LogP contribution in [0, 0.1) is 0 Å². The van der Waals surface area contributed by atoms with Crippen molar-refractivity contribution in [1.29, 1.82) is 0 Å². The van der Waals surface area contributed by atoms with Crippen LogP contribution in [0.15, 0.2) is 21.9 Å². The molecule has 0 aliphatic carbocycles. The molecule has 1 N–H and O–H groups in total. The van der Waals surface area contributed by atoms with Crippen LogP contribution in [-0.4, -0.2) is 9.55 Å². The average molecular weight is 224 g/mol. The molecular weight excluding hydrogens is 204 g/mol. The third-order valence-electron chi connectivity index (χ3n) is 2.76. The SMILES string of the molecule is CCCCC(CCC)n1ccc(=O)[nH]c1=O. The summed E-state index contributed by atoms with van der Waals surface area (Å²) in [5.41, 5.74) is -0.617. The van der Waals surface area contributed by atoms with Gasteiger partial charge in [-0.15, -0.1) is 0 Å². The lowest BCUT2D eigenvalue weighted by Crippen LogP contribution is -2.31. The molecule has 1 atom stereocenters. The summed E-state index contributed by atoms with van der Waals surface area (Å²) >= 11 is 0. The van der Waals surface area contributed by atoms with Crippen LogP contribution < -0.4 is 11.2 Å². The van der Waals surface area contributed by atoms with Crippen molar-refractivity contribution < 1.29 is 0 Å². The fraction of sp³-hybridized carbons (Fsp3) is 0.667. The average Bonchev–Trinajstić information content (AvgIpc) is 2.25. The zero-order chi connectivity index (χ0) is 12.0. The summed E-state index contributed by atoms with van der Waals surface area (Å²) in [6.45, 7) is 4.24. The number of aromatic nitrogens is 2. The van der Waals surface area contributed by atoms with Crippen LogP contribution >= 0.6 is 0 Å². The molecular formula is C12H20N2O2. The number of nitrogens with one attached hydrogen (secondary N) is 1. The molecule has 0 radical (unpaired) electrons. The fourth-order valence-electron chi connectivity index (χ4n) is 1.91. The van der Waals surface area contributed by atoms with Crippen LogP contribution in [0.25, 0.3) is 0 Å². The number of hydrogen-bond acceptors (Lipinski definition) is 2. The fourth-order valence-corrected chi connectivity index (χ4v) is 1.91. The standard InChI is InChI=1S/C12H20N2O2/c1-3-5-7-10(6-4-2)14-9-8-11(15)13-12(14)16/h8-10H,3-7H2,1-2H3,(H,13,15,16). The topological polar surface area (TPSA) is 54.9 Å². The van der Waals surface area contributed by atoms with Crippen molar-refractivity contribution in [3.63, 3.8) is 0 Å². The Morgan fingerprint density at radius 1 is 1.25 bits per heavy atom. The van der Waals surface area contributed by atoms with Gasteiger partial charge in [-0.3, -0.25) is 14.3 Å². The van der Waals surface area contributed by atoms with E-state index in [1.54, 1.807) is 10.8 Å². The zero-order valence-electron chi connectivity index (χ0n) is 10.0. The zero-order valence-corrected chi connectivity index (χ0v) is 10.0. The molecule has 4 heteroatoms. The molecule has 0 aliphatic rings. The smallest absolute Gasteiger partial charge is 0.298 e. The molecule has 0 aliphatic heterocycles. The first-order valence-electron chi connectivity index (χ1n) is 6.00. The van der Waals surface area contributed by atoms with Crippen molar-refractivity contribution in [1.82, 2.24) is 9.55 Å². The van der Waals surface area contributed by atoms with Crippen LogP contribution in [0.5, 0.6) is 0 Å². The van der Waals surface area contributed by atoms with Crippen molar-refractivity contribution in [3.8, 4) is 0 Å². The Morgan fingerprint density at radius 2 is 2.00 bits per heavy atom. The highest BCUT2D eigenvalue weighted by atomic mass is 16.2. The Hall–Kier alpha value is -1.32. The van der Waals surface area contributed by atoms with Crippen LogP contribution in [0.3, 0.4) is 0 Å². The maximum Gasteiger partial charge on any atom is 0.328 e. The predicted octanol–water partition coefficient (Wildman–Crippen LogP) is 2.07. The molecule has 1 rings (SSSR count). The summed E-state index contributed by atoms with van der Waals surface area (Å²) in [6, 6.07) is 1.63. The quantitative estimate of drug-likeness (QED) is 0.804. The molecule has 1 heterocycles. The van der Waals surface area contributed by atoms with Gasteiger partial charge in [0.2, 0.25) is 0 Å². The third kappa shape index (κ3) is 3.36. The first-order valence-corrected chi connectivity index (χ1v) is 6.00. The molecule has 1 unspecified atom stereocenters. The molecule has 0 bridgehead atoms. The van der Waals surface area contributed by atoms with Gasteiger partial charge in [0.05, 0.1) is 0 Å². The summed E-state index contributed by atoms with van der Waals surface area (Å²) in [6.07, 6.45) is 6.86. The Bertz CT molecular complexity index is 420. The van der Waals surface area contributed by atoms with Gasteiger partial charge in [-0.2, -0.15) is 0 Å². The van der Waals surface area contributed by atoms with Gasteiger partial charge in [0.1, 0.15) is 0 Å². The van der Waals surface area contributed by atoms with E-state index in [4.69, 9.17) is 0 Å². The van der Waals surface area contributed by atoms with Crippen molar-refractivity contribution >= 4 is 0 Å². The number of aromatic amines is 1. The summed E-state index contributed by atoms with van der Waals surface area (Å²) in [5.74, 6) is 0. The number of hydrogen-bond donors (Lipinski definition) is 1. The minimum absolute atomic E-state index is 0.217.